The minimum absolute atomic E-state index is 0.812. The standard InChI is InChI=1S/C18H17BrN2/c1-12-5-3-6-14(9-12)11-20-17-10-13(2)21-18-15(17)7-4-8-16(18)19/h3-10H,11H2,1-2H3,(H,20,21). The number of nitrogens with one attached hydrogen (secondary N) is 1. The van der Waals surface area contributed by atoms with Gasteiger partial charge in [-0.05, 0) is 47.5 Å². The number of benzene rings is 2. The lowest BCUT2D eigenvalue weighted by Crippen LogP contribution is -2.01. The molecule has 0 saturated heterocycles. The van der Waals surface area contributed by atoms with Crippen LogP contribution in [0.5, 0.6) is 0 Å². The second-order valence-electron chi connectivity index (χ2n) is 5.29. The Balaban J connectivity index is 1.95. The number of pyridine rings is 1. The van der Waals surface area contributed by atoms with Gasteiger partial charge in [0.25, 0.3) is 0 Å². The van der Waals surface area contributed by atoms with Crippen LogP contribution < -0.4 is 5.32 Å². The highest BCUT2D eigenvalue weighted by Crippen LogP contribution is 2.28. The van der Waals surface area contributed by atoms with Gasteiger partial charge in [-0.3, -0.25) is 4.98 Å². The van der Waals surface area contributed by atoms with E-state index in [4.69, 9.17) is 0 Å². The topological polar surface area (TPSA) is 24.9 Å². The molecular formula is C18H17BrN2. The molecule has 106 valence electrons. The molecule has 21 heavy (non-hydrogen) atoms. The van der Waals surface area contributed by atoms with Crippen molar-refractivity contribution >= 4 is 32.5 Å². The van der Waals surface area contributed by atoms with Crippen molar-refractivity contribution in [3.8, 4) is 0 Å². The molecule has 1 N–H and O–H groups in total. The average molecular weight is 341 g/mol. The summed E-state index contributed by atoms with van der Waals surface area (Å²) >= 11 is 3.58. The maximum atomic E-state index is 4.62. The van der Waals surface area contributed by atoms with Gasteiger partial charge in [0, 0.05) is 27.8 Å². The summed E-state index contributed by atoms with van der Waals surface area (Å²) in [7, 11) is 0. The molecule has 1 aromatic heterocycles. The van der Waals surface area contributed by atoms with Crippen molar-refractivity contribution in [1.29, 1.82) is 0 Å². The molecule has 3 rings (SSSR count). The molecule has 0 fully saturated rings. The number of hydrogen-bond acceptors (Lipinski definition) is 2. The van der Waals surface area contributed by atoms with Crippen LogP contribution in [-0.2, 0) is 6.54 Å². The maximum Gasteiger partial charge on any atom is 0.0867 e. The van der Waals surface area contributed by atoms with Crippen LogP contribution in [0, 0.1) is 13.8 Å². The van der Waals surface area contributed by atoms with E-state index in [1.165, 1.54) is 11.1 Å². The third kappa shape index (κ3) is 3.08. The molecule has 0 amide bonds. The third-order valence-electron chi connectivity index (χ3n) is 3.48. The Morgan fingerprint density at radius 1 is 1.05 bits per heavy atom. The number of halogens is 1. The number of anilines is 1. The Morgan fingerprint density at radius 2 is 1.86 bits per heavy atom. The van der Waals surface area contributed by atoms with Gasteiger partial charge in [-0.25, -0.2) is 0 Å². The zero-order chi connectivity index (χ0) is 14.8. The Kier molecular flexibility index (Phi) is 3.93. The van der Waals surface area contributed by atoms with Gasteiger partial charge in [-0.1, -0.05) is 42.0 Å². The van der Waals surface area contributed by atoms with Gasteiger partial charge in [0.05, 0.1) is 5.52 Å². The van der Waals surface area contributed by atoms with Crippen molar-refractivity contribution in [2.75, 3.05) is 5.32 Å². The summed E-state index contributed by atoms with van der Waals surface area (Å²) in [6.45, 7) is 4.95. The fraction of sp³-hybridized carbons (Fsp3) is 0.167. The summed E-state index contributed by atoms with van der Waals surface area (Å²) < 4.78 is 1.03. The van der Waals surface area contributed by atoms with Gasteiger partial charge in [0.15, 0.2) is 0 Å². The van der Waals surface area contributed by atoms with E-state index < -0.39 is 0 Å². The zero-order valence-electron chi connectivity index (χ0n) is 12.2. The van der Waals surface area contributed by atoms with Crippen molar-refractivity contribution in [1.82, 2.24) is 4.98 Å². The predicted molar refractivity (Wildman–Crippen MR) is 92.7 cm³/mol. The number of aryl methyl sites for hydroxylation is 2. The second-order valence-corrected chi connectivity index (χ2v) is 6.14. The molecule has 3 heteroatoms. The average Bonchev–Trinajstić information content (AvgIpc) is 2.46. The molecule has 0 radical (unpaired) electrons. The minimum atomic E-state index is 0.812. The van der Waals surface area contributed by atoms with Gasteiger partial charge in [0.2, 0.25) is 0 Å². The molecule has 1 heterocycles. The number of para-hydroxylation sites is 1. The van der Waals surface area contributed by atoms with Crippen LogP contribution in [0.25, 0.3) is 10.9 Å². The van der Waals surface area contributed by atoms with Crippen molar-refractivity contribution < 1.29 is 0 Å². The molecule has 0 atom stereocenters. The number of nitrogens with zero attached hydrogens (tertiary/aromatic N) is 1. The fourth-order valence-electron chi connectivity index (χ4n) is 2.51. The van der Waals surface area contributed by atoms with Gasteiger partial charge < -0.3 is 5.32 Å². The summed E-state index contributed by atoms with van der Waals surface area (Å²) in [4.78, 5) is 4.62. The first kappa shape index (κ1) is 14.1. The molecule has 2 nitrogen and oxygen atoms in total. The van der Waals surface area contributed by atoms with Crippen molar-refractivity contribution in [2.45, 2.75) is 20.4 Å². The van der Waals surface area contributed by atoms with E-state index in [-0.39, 0.29) is 0 Å². The Bertz CT molecular complexity index is 796. The smallest absolute Gasteiger partial charge is 0.0867 e. The number of aromatic nitrogens is 1. The van der Waals surface area contributed by atoms with Gasteiger partial charge >= 0.3 is 0 Å². The summed E-state index contributed by atoms with van der Waals surface area (Å²) in [5, 5.41) is 4.68. The van der Waals surface area contributed by atoms with Crippen molar-refractivity contribution in [2.24, 2.45) is 0 Å². The molecule has 0 aliphatic rings. The minimum Gasteiger partial charge on any atom is -0.380 e. The summed E-state index contributed by atoms with van der Waals surface area (Å²) in [6, 6.07) is 16.8. The van der Waals surface area contributed by atoms with E-state index in [0.29, 0.717) is 0 Å². The van der Waals surface area contributed by atoms with Crippen molar-refractivity contribution in [3.63, 3.8) is 0 Å². The first-order chi connectivity index (χ1) is 10.1. The van der Waals surface area contributed by atoms with Crippen LogP contribution in [0.1, 0.15) is 16.8 Å². The third-order valence-corrected chi connectivity index (χ3v) is 4.12. The summed E-state index contributed by atoms with van der Waals surface area (Å²) in [5.74, 6) is 0. The predicted octanol–water partition coefficient (Wildman–Crippen LogP) is 5.23. The van der Waals surface area contributed by atoms with Crippen LogP contribution in [0.2, 0.25) is 0 Å². The first-order valence-electron chi connectivity index (χ1n) is 6.99. The lowest BCUT2D eigenvalue weighted by Gasteiger charge is -2.12. The molecule has 0 aliphatic carbocycles. The van der Waals surface area contributed by atoms with E-state index >= 15 is 0 Å². The second kappa shape index (κ2) is 5.86. The highest BCUT2D eigenvalue weighted by Gasteiger charge is 2.06. The highest BCUT2D eigenvalue weighted by molar-refractivity contribution is 9.10. The van der Waals surface area contributed by atoms with Crippen LogP contribution in [0.3, 0.4) is 0 Å². The summed E-state index contributed by atoms with van der Waals surface area (Å²) in [5.41, 5.74) is 5.71. The lowest BCUT2D eigenvalue weighted by molar-refractivity contribution is 1.14. The molecule has 0 spiro atoms. The van der Waals surface area contributed by atoms with Gasteiger partial charge in [-0.15, -0.1) is 0 Å². The van der Waals surface area contributed by atoms with Crippen LogP contribution in [0.15, 0.2) is 53.0 Å². The largest absolute Gasteiger partial charge is 0.380 e. The zero-order valence-corrected chi connectivity index (χ0v) is 13.7. The SMILES string of the molecule is Cc1cccc(CNc2cc(C)nc3c(Br)cccc23)c1. The van der Waals surface area contributed by atoms with E-state index in [1.807, 2.05) is 19.1 Å². The van der Waals surface area contributed by atoms with E-state index in [1.54, 1.807) is 0 Å². The van der Waals surface area contributed by atoms with Gasteiger partial charge in [-0.2, -0.15) is 0 Å². The molecular weight excluding hydrogens is 324 g/mol. The lowest BCUT2D eigenvalue weighted by atomic mass is 10.1. The number of rotatable bonds is 3. The molecule has 0 unspecified atom stereocenters. The molecule has 2 aromatic carbocycles. The van der Waals surface area contributed by atoms with Gasteiger partial charge in [0.1, 0.15) is 0 Å². The Morgan fingerprint density at radius 3 is 2.67 bits per heavy atom. The molecule has 3 aromatic rings. The molecule has 0 saturated carbocycles. The normalized spacial score (nSPS) is 10.8. The Labute approximate surface area is 133 Å². The number of fused-ring (bicyclic) bond motifs is 1. The molecule has 0 bridgehead atoms. The van der Waals surface area contributed by atoms with E-state index in [0.717, 1.165) is 33.3 Å². The van der Waals surface area contributed by atoms with Crippen LogP contribution >= 0.6 is 15.9 Å². The van der Waals surface area contributed by atoms with E-state index in [2.05, 4.69) is 69.6 Å². The van der Waals surface area contributed by atoms with Crippen LogP contribution in [-0.4, -0.2) is 4.98 Å². The van der Waals surface area contributed by atoms with Crippen LogP contribution in [0.4, 0.5) is 5.69 Å². The number of hydrogen-bond donors (Lipinski definition) is 1. The first-order valence-corrected chi connectivity index (χ1v) is 7.78. The highest BCUT2D eigenvalue weighted by atomic mass is 79.9. The Hall–Kier alpha value is -1.87. The monoisotopic (exact) mass is 340 g/mol. The van der Waals surface area contributed by atoms with E-state index in [9.17, 15) is 0 Å². The van der Waals surface area contributed by atoms with Crippen molar-refractivity contribution in [3.05, 3.63) is 69.8 Å². The fourth-order valence-corrected chi connectivity index (χ4v) is 2.96. The maximum absolute atomic E-state index is 4.62. The quantitative estimate of drug-likeness (QED) is 0.706. The summed E-state index contributed by atoms with van der Waals surface area (Å²) in [6.07, 6.45) is 0. The molecule has 0 aliphatic heterocycles.